The molecule has 0 saturated heterocycles. The molecule has 1 aromatic heterocycles. The average molecular weight is 351 g/mol. The largest absolute Gasteiger partial charge is 0.377 e. The van der Waals surface area contributed by atoms with E-state index in [9.17, 15) is 0 Å². The minimum absolute atomic E-state index is 0.643. The Kier molecular flexibility index (Phi) is 3.68. The highest BCUT2D eigenvalue weighted by Gasteiger charge is 2.08. The highest BCUT2D eigenvalue weighted by molar-refractivity contribution is 9.10. The number of hydrogen-bond acceptors (Lipinski definition) is 2. The number of fused-ring (bicyclic) bond motifs is 1. The summed E-state index contributed by atoms with van der Waals surface area (Å²) in [5, 5.41) is 4.05. The summed E-state index contributed by atoms with van der Waals surface area (Å²) in [5.41, 5.74) is 3.11. The average Bonchev–Trinajstić information content (AvgIpc) is 2.78. The second-order valence-corrected chi connectivity index (χ2v) is 5.73. The smallest absolute Gasteiger partial charge is 0.128 e. The fraction of sp³-hybridized carbons (Fsp3) is 0.133. The Morgan fingerprint density at radius 1 is 1.20 bits per heavy atom. The molecule has 0 aliphatic heterocycles. The summed E-state index contributed by atoms with van der Waals surface area (Å²) in [4.78, 5) is 4.63. The molecule has 0 fully saturated rings. The predicted octanol–water partition coefficient (Wildman–Crippen LogP) is 4.60. The first-order valence-electron chi connectivity index (χ1n) is 6.25. The molecule has 0 aliphatic rings. The van der Waals surface area contributed by atoms with Crippen LogP contribution in [0, 0.1) is 0 Å². The normalized spacial score (nSPS) is 10.9. The van der Waals surface area contributed by atoms with E-state index in [1.807, 2.05) is 43.4 Å². The van der Waals surface area contributed by atoms with Crippen LogP contribution < -0.4 is 5.32 Å². The molecule has 3 aromatic rings. The van der Waals surface area contributed by atoms with Gasteiger partial charge in [0, 0.05) is 7.05 Å². The molecule has 3 nitrogen and oxygen atoms in total. The van der Waals surface area contributed by atoms with Crippen molar-refractivity contribution in [1.29, 1.82) is 0 Å². The van der Waals surface area contributed by atoms with Gasteiger partial charge >= 0.3 is 0 Å². The lowest BCUT2D eigenvalue weighted by atomic mass is 10.3. The molecule has 0 aliphatic carbocycles. The topological polar surface area (TPSA) is 29.9 Å². The van der Waals surface area contributed by atoms with Gasteiger partial charge in [0.1, 0.15) is 5.82 Å². The monoisotopic (exact) mass is 349 g/mol. The number of halogens is 2. The Labute approximate surface area is 130 Å². The van der Waals surface area contributed by atoms with Crippen LogP contribution in [0.25, 0.3) is 11.0 Å². The quantitative estimate of drug-likeness (QED) is 0.748. The maximum absolute atomic E-state index is 6.08. The summed E-state index contributed by atoms with van der Waals surface area (Å²) in [7, 11) is 2.03. The number of benzene rings is 2. The minimum Gasteiger partial charge on any atom is -0.377 e. The van der Waals surface area contributed by atoms with Crippen LogP contribution in [0.3, 0.4) is 0 Å². The molecule has 0 amide bonds. The van der Waals surface area contributed by atoms with Crippen molar-refractivity contribution in [3.63, 3.8) is 0 Å². The zero-order chi connectivity index (χ0) is 14.1. The molecule has 1 N–H and O–H groups in total. The van der Waals surface area contributed by atoms with E-state index in [2.05, 4.69) is 36.9 Å². The fourth-order valence-corrected chi connectivity index (χ4v) is 2.75. The molecule has 102 valence electrons. The molecule has 1 heterocycles. The lowest BCUT2D eigenvalue weighted by Gasteiger charge is -2.09. The first kappa shape index (κ1) is 13.5. The van der Waals surface area contributed by atoms with Crippen molar-refractivity contribution in [2.75, 3.05) is 5.32 Å². The Morgan fingerprint density at radius 3 is 2.80 bits per heavy atom. The van der Waals surface area contributed by atoms with E-state index in [1.165, 1.54) is 0 Å². The molecular formula is C15H13BrClN3. The number of para-hydroxylation sites is 2. The van der Waals surface area contributed by atoms with Crippen molar-refractivity contribution >= 4 is 44.3 Å². The lowest BCUT2D eigenvalue weighted by Crippen LogP contribution is -2.06. The highest BCUT2D eigenvalue weighted by Crippen LogP contribution is 2.30. The lowest BCUT2D eigenvalue weighted by molar-refractivity contribution is 0.834. The minimum atomic E-state index is 0.643. The first-order chi connectivity index (χ1) is 9.66. The van der Waals surface area contributed by atoms with Crippen LogP contribution in [0.5, 0.6) is 0 Å². The highest BCUT2D eigenvalue weighted by atomic mass is 79.9. The van der Waals surface area contributed by atoms with Gasteiger partial charge < -0.3 is 9.88 Å². The Balaban J connectivity index is 1.87. The van der Waals surface area contributed by atoms with E-state index in [4.69, 9.17) is 11.6 Å². The molecule has 0 spiro atoms. The molecule has 0 atom stereocenters. The van der Waals surface area contributed by atoms with E-state index in [-0.39, 0.29) is 0 Å². The summed E-state index contributed by atoms with van der Waals surface area (Å²) in [6.07, 6.45) is 0. The van der Waals surface area contributed by atoms with Crippen molar-refractivity contribution in [1.82, 2.24) is 9.55 Å². The number of nitrogens with one attached hydrogen (secondary N) is 1. The van der Waals surface area contributed by atoms with Gasteiger partial charge in [-0.05, 0) is 40.2 Å². The Hall–Kier alpha value is -1.52. The molecular weight excluding hydrogens is 338 g/mol. The van der Waals surface area contributed by atoms with Gasteiger partial charge in [-0.25, -0.2) is 4.98 Å². The van der Waals surface area contributed by atoms with E-state index in [0.717, 1.165) is 27.0 Å². The van der Waals surface area contributed by atoms with Gasteiger partial charge in [-0.2, -0.15) is 0 Å². The number of aromatic nitrogens is 2. The van der Waals surface area contributed by atoms with Gasteiger partial charge in [0.2, 0.25) is 0 Å². The standard InChI is InChI=1S/C15H13BrClN3/c1-20-13-8-3-2-6-11(13)19-14(20)9-18-12-7-4-5-10(17)15(12)16/h2-8,18H,9H2,1H3. The zero-order valence-corrected chi connectivity index (χ0v) is 13.2. The van der Waals surface area contributed by atoms with Crippen molar-refractivity contribution in [3.05, 3.63) is 57.8 Å². The second-order valence-electron chi connectivity index (χ2n) is 4.53. The van der Waals surface area contributed by atoms with Gasteiger partial charge in [-0.15, -0.1) is 0 Å². The van der Waals surface area contributed by atoms with Crippen LogP contribution in [-0.4, -0.2) is 9.55 Å². The van der Waals surface area contributed by atoms with Crippen LogP contribution in [0.1, 0.15) is 5.82 Å². The van der Waals surface area contributed by atoms with Crippen molar-refractivity contribution in [3.8, 4) is 0 Å². The van der Waals surface area contributed by atoms with Crippen molar-refractivity contribution < 1.29 is 0 Å². The number of aryl methyl sites for hydroxylation is 1. The molecule has 5 heteroatoms. The Bertz CT molecular complexity index is 767. The predicted molar refractivity (Wildman–Crippen MR) is 87.2 cm³/mol. The summed E-state index contributed by atoms with van der Waals surface area (Å²) in [6.45, 7) is 0.643. The maximum Gasteiger partial charge on any atom is 0.128 e. The van der Waals surface area contributed by atoms with Crippen LogP contribution in [0.4, 0.5) is 5.69 Å². The molecule has 0 saturated carbocycles. The van der Waals surface area contributed by atoms with Gasteiger partial charge in [0.15, 0.2) is 0 Å². The third kappa shape index (κ3) is 2.41. The van der Waals surface area contributed by atoms with E-state index in [0.29, 0.717) is 11.6 Å². The number of nitrogens with zero attached hydrogens (tertiary/aromatic N) is 2. The molecule has 0 bridgehead atoms. The van der Waals surface area contributed by atoms with E-state index >= 15 is 0 Å². The molecule has 0 unspecified atom stereocenters. The van der Waals surface area contributed by atoms with Crippen molar-refractivity contribution in [2.45, 2.75) is 6.54 Å². The summed E-state index contributed by atoms with van der Waals surface area (Å²) < 4.78 is 2.97. The third-order valence-electron chi connectivity index (χ3n) is 3.27. The number of hydrogen-bond donors (Lipinski definition) is 1. The zero-order valence-electron chi connectivity index (χ0n) is 10.9. The molecule has 3 rings (SSSR count). The number of anilines is 1. The maximum atomic E-state index is 6.08. The molecule has 2 aromatic carbocycles. The van der Waals surface area contributed by atoms with Gasteiger partial charge in [-0.3, -0.25) is 0 Å². The summed E-state index contributed by atoms with van der Waals surface area (Å²) in [6, 6.07) is 13.9. The van der Waals surface area contributed by atoms with E-state index < -0.39 is 0 Å². The third-order valence-corrected chi connectivity index (χ3v) is 4.67. The van der Waals surface area contributed by atoms with E-state index in [1.54, 1.807) is 0 Å². The molecule has 20 heavy (non-hydrogen) atoms. The summed E-state index contributed by atoms with van der Waals surface area (Å²) in [5.74, 6) is 0.984. The Morgan fingerprint density at radius 2 is 2.00 bits per heavy atom. The van der Waals surface area contributed by atoms with Crippen LogP contribution in [-0.2, 0) is 13.6 Å². The van der Waals surface area contributed by atoms with Crippen LogP contribution in [0.15, 0.2) is 46.9 Å². The van der Waals surface area contributed by atoms with Crippen molar-refractivity contribution in [2.24, 2.45) is 7.05 Å². The number of imidazole rings is 1. The summed E-state index contributed by atoms with van der Waals surface area (Å²) >= 11 is 9.57. The van der Waals surface area contributed by atoms with Crippen LogP contribution >= 0.6 is 27.5 Å². The SMILES string of the molecule is Cn1c(CNc2cccc(Cl)c2Br)nc2ccccc21. The molecule has 0 radical (unpaired) electrons. The first-order valence-corrected chi connectivity index (χ1v) is 7.42. The second kappa shape index (κ2) is 5.46. The van der Waals surface area contributed by atoms with Crippen LogP contribution in [0.2, 0.25) is 5.02 Å². The fourth-order valence-electron chi connectivity index (χ4n) is 2.17. The van der Waals surface area contributed by atoms with Gasteiger partial charge in [0.05, 0.1) is 32.8 Å². The van der Waals surface area contributed by atoms with Gasteiger partial charge in [-0.1, -0.05) is 29.8 Å². The van der Waals surface area contributed by atoms with Gasteiger partial charge in [0.25, 0.3) is 0 Å². The number of rotatable bonds is 3.